The average Bonchev–Trinajstić information content (AvgIpc) is 2.10. The Hall–Kier alpha value is -1.05. The lowest BCUT2D eigenvalue weighted by atomic mass is 10.2. The highest BCUT2D eigenvalue weighted by molar-refractivity contribution is 5.82. The summed E-state index contributed by atoms with van der Waals surface area (Å²) in [4.78, 5) is 0. The molecule has 9 heavy (non-hydrogen) atoms. The van der Waals surface area contributed by atoms with Crippen molar-refractivity contribution in [2.24, 2.45) is 5.92 Å². The molecule has 1 aliphatic rings. The first-order valence-corrected chi connectivity index (χ1v) is 2.87. The maximum atomic E-state index is 9.00. The van der Waals surface area contributed by atoms with E-state index in [9.17, 15) is 0 Å². The van der Waals surface area contributed by atoms with Crippen molar-refractivity contribution >= 4 is 6.21 Å². The van der Waals surface area contributed by atoms with Crippen LogP contribution >= 0.6 is 0 Å². The Labute approximate surface area is 54.0 Å². The van der Waals surface area contributed by atoms with E-state index in [1.54, 1.807) is 6.08 Å². The van der Waals surface area contributed by atoms with Crippen LogP contribution in [0.15, 0.2) is 23.5 Å². The summed E-state index contributed by atoms with van der Waals surface area (Å²) in [5.74, 6) is 0.513. The second kappa shape index (κ2) is 2.05. The van der Waals surface area contributed by atoms with Crippen LogP contribution in [0.1, 0.15) is 6.92 Å². The fourth-order valence-electron chi connectivity index (χ4n) is 0.884. The van der Waals surface area contributed by atoms with Crippen LogP contribution < -0.4 is 0 Å². The molecule has 2 N–H and O–H groups in total. The maximum Gasteiger partial charge on any atom is 0.120 e. The molecule has 0 spiro atoms. The molecule has 1 aliphatic carbocycles. The van der Waals surface area contributed by atoms with Gasteiger partial charge in [-0.1, -0.05) is 13.0 Å². The molecule has 1 atom stereocenters. The molecule has 0 aromatic carbocycles. The van der Waals surface area contributed by atoms with Crippen molar-refractivity contribution in [3.05, 3.63) is 23.5 Å². The fourth-order valence-corrected chi connectivity index (χ4v) is 0.884. The highest BCUT2D eigenvalue weighted by atomic mass is 16.3. The number of nitrogens with one attached hydrogen (secondary N) is 1. The average molecular weight is 123 g/mol. The van der Waals surface area contributed by atoms with Crippen LogP contribution in [0.4, 0.5) is 0 Å². The van der Waals surface area contributed by atoms with Crippen molar-refractivity contribution in [2.45, 2.75) is 6.92 Å². The Morgan fingerprint density at radius 1 is 1.67 bits per heavy atom. The standard InChI is InChI=1S/C7H9NO/c1-5-2-6(4-8)7(9)3-5/h2-5,8-9H,1H3. The largest absolute Gasteiger partial charge is 0.508 e. The molecule has 0 fully saturated rings. The van der Waals surface area contributed by atoms with E-state index < -0.39 is 0 Å². The molecule has 0 saturated heterocycles. The van der Waals surface area contributed by atoms with E-state index in [1.807, 2.05) is 13.0 Å². The molecular formula is C7H9NO. The van der Waals surface area contributed by atoms with E-state index in [0.29, 0.717) is 5.57 Å². The molecule has 0 amide bonds. The van der Waals surface area contributed by atoms with Gasteiger partial charge in [-0.25, -0.2) is 0 Å². The van der Waals surface area contributed by atoms with Gasteiger partial charge in [-0.05, 0) is 12.0 Å². The van der Waals surface area contributed by atoms with E-state index >= 15 is 0 Å². The first-order chi connectivity index (χ1) is 4.24. The Morgan fingerprint density at radius 2 is 2.33 bits per heavy atom. The molecule has 0 radical (unpaired) electrons. The molecule has 0 aromatic heterocycles. The zero-order valence-electron chi connectivity index (χ0n) is 5.26. The molecule has 2 heteroatoms. The summed E-state index contributed by atoms with van der Waals surface area (Å²) < 4.78 is 0. The van der Waals surface area contributed by atoms with Crippen LogP contribution in [0, 0.1) is 11.3 Å². The molecule has 0 saturated carbocycles. The summed E-state index contributed by atoms with van der Waals surface area (Å²) in [6.45, 7) is 1.96. The van der Waals surface area contributed by atoms with Gasteiger partial charge in [0.05, 0.1) is 0 Å². The molecule has 2 nitrogen and oxygen atoms in total. The molecule has 0 aromatic rings. The van der Waals surface area contributed by atoms with Crippen molar-refractivity contribution in [1.29, 1.82) is 5.41 Å². The lowest BCUT2D eigenvalue weighted by Crippen LogP contribution is -1.82. The summed E-state index contributed by atoms with van der Waals surface area (Å²) in [5, 5.41) is 15.8. The third kappa shape index (κ3) is 1.02. The van der Waals surface area contributed by atoms with Crippen LogP contribution in [0.3, 0.4) is 0 Å². The highest BCUT2D eigenvalue weighted by Gasteiger charge is 2.09. The summed E-state index contributed by atoms with van der Waals surface area (Å²) in [5.41, 5.74) is 0.627. The summed E-state index contributed by atoms with van der Waals surface area (Å²) >= 11 is 0. The van der Waals surface area contributed by atoms with E-state index in [-0.39, 0.29) is 11.7 Å². The molecule has 0 bridgehead atoms. The van der Waals surface area contributed by atoms with Gasteiger partial charge in [0.2, 0.25) is 0 Å². The summed E-state index contributed by atoms with van der Waals surface area (Å²) in [6, 6.07) is 0. The van der Waals surface area contributed by atoms with E-state index in [4.69, 9.17) is 10.5 Å². The Bertz CT molecular complexity index is 191. The van der Waals surface area contributed by atoms with Gasteiger partial charge in [0.15, 0.2) is 0 Å². The minimum Gasteiger partial charge on any atom is -0.508 e. The Balaban J connectivity index is 2.86. The molecule has 0 heterocycles. The topological polar surface area (TPSA) is 44.1 Å². The molecule has 48 valence electrons. The lowest BCUT2D eigenvalue weighted by molar-refractivity contribution is 0.428. The van der Waals surface area contributed by atoms with E-state index in [2.05, 4.69) is 0 Å². The Morgan fingerprint density at radius 3 is 2.56 bits per heavy atom. The Kier molecular flexibility index (Phi) is 1.39. The number of hydrogen-bond acceptors (Lipinski definition) is 2. The van der Waals surface area contributed by atoms with Crippen molar-refractivity contribution in [3.63, 3.8) is 0 Å². The van der Waals surface area contributed by atoms with Crippen LogP contribution in [-0.4, -0.2) is 11.3 Å². The van der Waals surface area contributed by atoms with Crippen LogP contribution in [0.5, 0.6) is 0 Å². The van der Waals surface area contributed by atoms with Gasteiger partial charge >= 0.3 is 0 Å². The number of aliphatic hydroxyl groups excluding tert-OH is 1. The first-order valence-electron chi connectivity index (χ1n) is 2.87. The number of aliphatic hydroxyl groups is 1. The van der Waals surface area contributed by atoms with Crippen molar-refractivity contribution in [3.8, 4) is 0 Å². The van der Waals surface area contributed by atoms with E-state index in [0.717, 1.165) is 6.21 Å². The van der Waals surface area contributed by atoms with Gasteiger partial charge in [-0.2, -0.15) is 0 Å². The fraction of sp³-hybridized carbons (Fsp3) is 0.286. The normalized spacial score (nSPS) is 25.2. The van der Waals surface area contributed by atoms with Crippen molar-refractivity contribution < 1.29 is 5.11 Å². The second-order valence-electron chi connectivity index (χ2n) is 2.18. The van der Waals surface area contributed by atoms with Crippen LogP contribution in [0.2, 0.25) is 0 Å². The zero-order valence-corrected chi connectivity index (χ0v) is 5.26. The number of hydrogen-bond donors (Lipinski definition) is 2. The lowest BCUT2D eigenvalue weighted by Gasteiger charge is -1.88. The first kappa shape index (κ1) is 6.08. The maximum absolute atomic E-state index is 9.00. The molecule has 1 unspecified atom stereocenters. The van der Waals surface area contributed by atoms with Gasteiger partial charge in [0.25, 0.3) is 0 Å². The number of allylic oxidation sites excluding steroid dienone is 3. The minimum absolute atomic E-state index is 0.234. The molecule has 0 aliphatic heterocycles. The van der Waals surface area contributed by atoms with Gasteiger partial charge in [0.1, 0.15) is 5.76 Å². The van der Waals surface area contributed by atoms with Gasteiger partial charge in [-0.15, -0.1) is 0 Å². The SMILES string of the molecule is CC1C=C(O)C(C=N)=C1. The van der Waals surface area contributed by atoms with Crippen LogP contribution in [-0.2, 0) is 0 Å². The molecular weight excluding hydrogens is 114 g/mol. The predicted octanol–water partition coefficient (Wildman–Crippen LogP) is 1.65. The van der Waals surface area contributed by atoms with Gasteiger partial charge in [0, 0.05) is 11.8 Å². The van der Waals surface area contributed by atoms with Gasteiger partial charge < -0.3 is 10.5 Å². The monoisotopic (exact) mass is 123 g/mol. The second-order valence-corrected chi connectivity index (χ2v) is 2.18. The predicted molar refractivity (Wildman–Crippen MR) is 36.7 cm³/mol. The minimum atomic E-state index is 0.234. The highest BCUT2D eigenvalue weighted by Crippen LogP contribution is 2.18. The van der Waals surface area contributed by atoms with Crippen molar-refractivity contribution in [1.82, 2.24) is 0 Å². The molecule has 1 rings (SSSR count). The summed E-state index contributed by atoms with van der Waals surface area (Å²) in [6.07, 6.45) is 4.73. The third-order valence-electron chi connectivity index (χ3n) is 1.31. The smallest absolute Gasteiger partial charge is 0.120 e. The number of rotatable bonds is 1. The quantitative estimate of drug-likeness (QED) is 0.511. The van der Waals surface area contributed by atoms with E-state index in [1.165, 1.54) is 0 Å². The third-order valence-corrected chi connectivity index (χ3v) is 1.31. The summed E-state index contributed by atoms with van der Waals surface area (Å²) in [7, 11) is 0. The van der Waals surface area contributed by atoms with Gasteiger partial charge in [-0.3, -0.25) is 0 Å². The zero-order chi connectivity index (χ0) is 6.85. The van der Waals surface area contributed by atoms with Crippen molar-refractivity contribution in [2.75, 3.05) is 0 Å². The van der Waals surface area contributed by atoms with Crippen LogP contribution in [0.25, 0.3) is 0 Å².